The van der Waals surface area contributed by atoms with Gasteiger partial charge in [-0.3, -0.25) is 4.79 Å². The SMILES string of the molecule is O=C1CCCc2cc(OC[B-](F)(F)F)ccc21. The van der Waals surface area contributed by atoms with Crippen molar-refractivity contribution in [2.75, 3.05) is 6.51 Å². The lowest BCUT2D eigenvalue weighted by Gasteiger charge is -2.18. The molecule has 0 bridgehead atoms. The number of Topliss-reactive ketones (excluding diaryl/α,β-unsaturated/α-hetero) is 1. The molecule has 0 N–H and O–H groups in total. The van der Waals surface area contributed by atoms with Crippen LogP contribution in [0, 0.1) is 0 Å². The number of fused-ring (bicyclic) bond motifs is 1. The Hall–Kier alpha value is -1.46. The molecular weight excluding hydrogens is 232 g/mol. The van der Waals surface area contributed by atoms with E-state index >= 15 is 0 Å². The summed E-state index contributed by atoms with van der Waals surface area (Å²) >= 11 is 0. The predicted molar refractivity (Wildman–Crippen MR) is 58.3 cm³/mol. The van der Waals surface area contributed by atoms with Gasteiger partial charge in [0.25, 0.3) is 0 Å². The lowest BCUT2D eigenvalue weighted by atomic mass is 9.90. The third kappa shape index (κ3) is 3.02. The van der Waals surface area contributed by atoms with Gasteiger partial charge in [-0.2, -0.15) is 0 Å². The molecule has 1 aliphatic rings. The Bertz CT molecular complexity index is 443. The molecule has 0 unspecified atom stereocenters. The molecule has 0 saturated heterocycles. The van der Waals surface area contributed by atoms with Gasteiger partial charge in [0.1, 0.15) is 5.75 Å². The highest BCUT2D eigenvalue weighted by atomic mass is 19.4. The summed E-state index contributed by atoms with van der Waals surface area (Å²) in [6.45, 7) is -6.19. The molecule has 1 aromatic rings. The fraction of sp³-hybridized carbons (Fsp3) is 0.364. The van der Waals surface area contributed by atoms with Crippen LogP contribution < -0.4 is 4.74 Å². The van der Waals surface area contributed by atoms with Gasteiger partial charge < -0.3 is 17.7 Å². The van der Waals surface area contributed by atoms with Gasteiger partial charge in [0.2, 0.25) is 0 Å². The number of rotatable bonds is 3. The Balaban J connectivity index is 2.14. The van der Waals surface area contributed by atoms with Crippen molar-refractivity contribution in [2.24, 2.45) is 0 Å². The fourth-order valence-corrected chi connectivity index (χ4v) is 1.90. The molecule has 1 aromatic carbocycles. The summed E-state index contributed by atoms with van der Waals surface area (Å²) in [5.41, 5.74) is 1.40. The molecule has 0 aliphatic heterocycles. The van der Waals surface area contributed by atoms with E-state index in [4.69, 9.17) is 0 Å². The Kier molecular flexibility index (Phi) is 3.13. The van der Waals surface area contributed by atoms with E-state index in [0.29, 0.717) is 12.0 Å². The van der Waals surface area contributed by atoms with Crippen molar-refractivity contribution in [3.63, 3.8) is 0 Å². The Morgan fingerprint density at radius 1 is 1.24 bits per heavy atom. The van der Waals surface area contributed by atoms with Crippen LogP contribution in [0.15, 0.2) is 18.2 Å². The van der Waals surface area contributed by atoms with Gasteiger partial charge in [-0.25, -0.2) is 0 Å². The first-order valence-electron chi connectivity index (χ1n) is 5.45. The molecule has 0 spiro atoms. The maximum absolute atomic E-state index is 12.0. The average molecular weight is 243 g/mol. The molecule has 2 rings (SSSR count). The number of ketones is 1. The molecule has 0 heterocycles. The number of carbonyl (C=O) groups is 1. The smallest absolute Gasteiger partial charge is 0.515 e. The van der Waals surface area contributed by atoms with E-state index in [1.807, 2.05) is 0 Å². The maximum atomic E-state index is 12.0. The second-order valence-electron chi connectivity index (χ2n) is 4.12. The van der Waals surface area contributed by atoms with Crippen LogP contribution in [0.25, 0.3) is 0 Å². The Labute approximate surface area is 96.8 Å². The Morgan fingerprint density at radius 2 is 2.00 bits per heavy atom. The minimum absolute atomic E-state index is 0.0536. The number of benzene rings is 1. The molecule has 0 atom stereocenters. The first kappa shape index (κ1) is 12.0. The van der Waals surface area contributed by atoms with E-state index < -0.39 is 13.5 Å². The normalized spacial score (nSPS) is 15.6. The highest BCUT2D eigenvalue weighted by molar-refractivity contribution is 6.58. The van der Waals surface area contributed by atoms with Crippen LogP contribution in [0.3, 0.4) is 0 Å². The van der Waals surface area contributed by atoms with Crippen LogP contribution in [0.2, 0.25) is 0 Å². The highest BCUT2D eigenvalue weighted by Gasteiger charge is 2.24. The van der Waals surface area contributed by atoms with Gasteiger partial charge in [-0.1, -0.05) is 0 Å². The third-order valence-electron chi connectivity index (χ3n) is 2.67. The lowest BCUT2D eigenvalue weighted by Crippen LogP contribution is -2.26. The zero-order valence-electron chi connectivity index (χ0n) is 9.09. The molecule has 6 heteroatoms. The molecule has 0 amide bonds. The molecule has 1 aliphatic carbocycles. The van der Waals surface area contributed by atoms with Crippen LogP contribution in [0.5, 0.6) is 5.75 Å². The molecule has 0 fully saturated rings. The molecule has 0 radical (unpaired) electrons. The van der Waals surface area contributed by atoms with Crippen LogP contribution in [0.4, 0.5) is 12.9 Å². The number of hydrogen-bond acceptors (Lipinski definition) is 2. The third-order valence-corrected chi connectivity index (χ3v) is 2.67. The van der Waals surface area contributed by atoms with E-state index in [0.717, 1.165) is 18.4 Å². The Morgan fingerprint density at radius 3 is 2.71 bits per heavy atom. The number of halogens is 3. The van der Waals surface area contributed by atoms with Crippen LogP contribution in [0.1, 0.15) is 28.8 Å². The van der Waals surface area contributed by atoms with Crippen molar-refractivity contribution < 1.29 is 22.5 Å². The standard InChI is InChI=1S/C11H11BF3O2/c13-12(14,15)7-17-9-4-5-10-8(6-9)2-1-3-11(10)16/h4-6H,1-3,7H2/q-1. The van der Waals surface area contributed by atoms with Crippen molar-refractivity contribution in [3.05, 3.63) is 29.3 Å². The van der Waals surface area contributed by atoms with Gasteiger partial charge in [0, 0.05) is 12.0 Å². The average Bonchev–Trinajstić information content (AvgIpc) is 2.26. The number of ether oxygens (including phenoxy) is 1. The summed E-state index contributed by atoms with van der Waals surface area (Å²) in [7, 11) is 0. The highest BCUT2D eigenvalue weighted by Crippen LogP contribution is 2.26. The second-order valence-corrected chi connectivity index (χ2v) is 4.12. The van der Waals surface area contributed by atoms with Crippen LogP contribution in [-0.2, 0) is 6.42 Å². The summed E-state index contributed by atoms with van der Waals surface area (Å²) in [6.07, 6.45) is 1.98. The topological polar surface area (TPSA) is 26.3 Å². The minimum Gasteiger partial charge on any atom is -0.522 e. The van der Waals surface area contributed by atoms with Crippen LogP contribution >= 0.6 is 0 Å². The van der Waals surface area contributed by atoms with E-state index in [1.165, 1.54) is 12.1 Å². The monoisotopic (exact) mass is 243 g/mol. The van der Waals surface area contributed by atoms with Gasteiger partial charge in [0.15, 0.2) is 5.78 Å². The molecular formula is C11H11BF3O2-. The van der Waals surface area contributed by atoms with Gasteiger partial charge >= 0.3 is 6.98 Å². The van der Waals surface area contributed by atoms with Gasteiger partial charge in [-0.05, 0) is 36.6 Å². The molecule has 0 aromatic heterocycles. The number of hydrogen-bond donors (Lipinski definition) is 0. The van der Waals surface area contributed by atoms with Gasteiger partial charge in [0.05, 0.1) is 6.51 Å². The first-order valence-corrected chi connectivity index (χ1v) is 5.45. The zero-order valence-corrected chi connectivity index (χ0v) is 9.09. The summed E-state index contributed by atoms with van der Waals surface area (Å²) in [6, 6.07) is 4.51. The van der Waals surface area contributed by atoms with Crippen molar-refractivity contribution in [2.45, 2.75) is 19.3 Å². The first-order chi connectivity index (χ1) is 7.96. The van der Waals surface area contributed by atoms with Crippen molar-refractivity contribution in [1.82, 2.24) is 0 Å². The second kappa shape index (κ2) is 4.43. The van der Waals surface area contributed by atoms with Crippen molar-refractivity contribution in [3.8, 4) is 5.75 Å². The summed E-state index contributed by atoms with van der Waals surface area (Å²) in [4.78, 5) is 11.5. The molecule has 0 saturated carbocycles. The van der Waals surface area contributed by atoms with E-state index in [9.17, 15) is 17.7 Å². The van der Waals surface area contributed by atoms with Crippen LogP contribution in [-0.4, -0.2) is 19.3 Å². The fourth-order valence-electron chi connectivity index (χ4n) is 1.90. The summed E-state index contributed by atoms with van der Waals surface area (Å²) in [5, 5.41) is 0. The summed E-state index contributed by atoms with van der Waals surface area (Å²) in [5.74, 6) is 0.232. The maximum Gasteiger partial charge on any atom is 0.515 e. The largest absolute Gasteiger partial charge is 0.522 e. The summed E-state index contributed by atoms with van der Waals surface area (Å²) < 4.78 is 40.7. The zero-order chi connectivity index (χ0) is 12.5. The lowest BCUT2D eigenvalue weighted by molar-refractivity contribution is 0.0972. The molecule has 92 valence electrons. The molecule has 17 heavy (non-hydrogen) atoms. The van der Waals surface area contributed by atoms with Crippen molar-refractivity contribution in [1.29, 1.82) is 0 Å². The van der Waals surface area contributed by atoms with Gasteiger partial charge in [-0.15, -0.1) is 0 Å². The quantitative estimate of drug-likeness (QED) is 0.762. The predicted octanol–water partition coefficient (Wildman–Crippen LogP) is 2.97. The van der Waals surface area contributed by atoms with E-state index in [1.54, 1.807) is 6.07 Å². The molecule has 2 nitrogen and oxygen atoms in total. The number of aryl methyl sites for hydroxylation is 1. The van der Waals surface area contributed by atoms with Crippen molar-refractivity contribution >= 4 is 12.8 Å². The van der Waals surface area contributed by atoms with E-state index in [-0.39, 0.29) is 11.5 Å². The van der Waals surface area contributed by atoms with E-state index in [2.05, 4.69) is 4.74 Å². The minimum atomic E-state index is -4.94. The number of carbonyl (C=O) groups excluding carboxylic acids is 1.